The van der Waals surface area contributed by atoms with Crippen LogP contribution in [0, 0.1) is 11.8 Å². The van der Waals surface area contributed by atoms with E-state index in [1.165, 1.54) is 30.4 Å². The summed E-state index contributed by atoms with van der Waals surface area (Å²) >= 11 is 0. The minimum Gasteiger partial charge on any atom is -0.317 e. The van der Waals surface area contributed by atoms with Crippen molar-refractivity contribution in [3.05, 3.63) is 34.9 Å². The van der Waals surface area contributed by atoms with Crippen LogP contribution in [-0.4, -0.2) is 24.2 Å². The Morgan fingerprint density at radius 1 is 1.15 bits per heavy atom. The molecule has 1 fully saturated rings. The number of rotatable bonds is 2. The lowest BCUT2D eigenvalue weighted by molar-refractivity contribution is 0.0706. The molecule has 0 radical (unpaired) electrons. The number of carbonyl (C=O) groups excluding carboxylic acids is 1. The number of amides is 1. The highest BCUT2D eigenvalue weighted by molar-refractivity contribution is 5.93. The van der Waals surface area contributed by atoms with Gasteiger partial charge in [0.05, 0.1) is 0 Å². The van der Waals surface area contributed by atoms with E-state index in [9.17, 15) is 4.79 Å². The molecule has 1 unspecified atom stereocenters. The van der Waals surface area contributed by atoms with Gasteiger partial charge in [0.25, 0.3) is 5.91 Å². The summed E-state index contributed by atoms with van der Waals surface area (Å²) in [5.41, 5.74) is 4.91. The predicted octanol–water partition coefficient (Wildman–Crippen LogP) is 1.91. The second-order valence-corrected chi connectivity index (χ2v) is 6.01. The van der Waals surface area contributed by atoms with Crippen LogP contribution in [0.25, 0.3) is 0 Å². The monoisotopic (exact) mass is 274 g/mol. The standard InChI is InChI=1S/C16H22N2O2/c19-16(18-20)15-4-3-13-9-12(1-2-14(13)10-15)11-5-7-17-8-6-11/h3-4,10-12,17,20H,1-2,5-9H2,(H,18,19). The molecule has 3 rings (SSSR count). The van der Waals surface area contributed by atoms with Crippen molar-refractivity contribution < 1.29 is 10.0 Å². The van der Waals surface area contributed by atoms with Gasteiger partial charge in [-0.05, 0) is 80.3 Å². The van der Waals surface area contributed by atoms with Gasteiger partial charge in [-0.3, -0.25) is 10.0 Å². The van der Waals surface area contributed by atoms with Crippen LogP contribution in [0.5, 0.6) is 0 Å². The maximum Gasteiger partial charge on any atom is 0.274 e. The van der Waals surface area contributed by atoms with Crippen molar-refractivity contribution in [1.29, 1.82) is 0 Å². The van der Waals surface area contributed by atoms with Crippen molar-refractivity contribution in [2.45, 2.75) is 32.1 Å². The molecule has 0 aromatic heterocycles. The molecule has 3 N–H and O–H groups in total. The van der Waals surface area contributed by atoms with Gasteiger partial charge < -0.3 is 5.32 Å². The van der Waals surface area contributed by atoms with Crippen LogP contribution >= 0.6 is 0 Å². The first kappa shape index (κ1) is 13.6. The summed E-state index contributed by atoms with van der Waals surface area (Å²) in [7, 11) is 0. The van der Waals surface area contributed by atoms with E-state index in [1.807, 2.05) is 12.1 Å². The van der Waals surface area contributed by atoms with E-state index in [-0.39, 0.29) is 0 Å². The highest BCUT2D eigenvalue weighted by atomic mass is 16.5. The second-order valence-electron chi connectivity index (χ2n) is 6.01. The van der Waals surface area contributed by atoms with Crippen molar-refractivity contribution in [2.24, 2.45) is 11.8 Å². The molecular weight excluding hydrogens is 252 g/mol. The third kappa shape index (κ3) is 2.72. The molecule has 1 aromatic rings. The van der Waals surface area contributed by atoms with Crippen LogP contribution in [0.1, 0.15) is 40.7 Å². The highest BCUT2D eigenvalue weighted by Gasteiger charge is 2.27. The Labute approximate surface area is 119 Å². The van der Waals surface area contributed by atoms with Gasteiger partial charge in [-0.15, -0.1) is 0 Å². The van der Waals surface area contributed by atoms with Crippen molar-refractivity contribution in [2.75, 3.05) is 13.1 Å². The van der Waals surface area contributed by atoms with E-state index in [0.717, 1.165) is 37.8 Å². The molecule has 108 valence electrons. The molecule has 0 spiro atoms. The Balaban J connectivity index is 1.73. The summed E-state index contributed by atoms with van der Waals surface area (Å²) in [4.78, 5) is 11.4. The van der Waals surface area contributed by atoms with Gasteiger partial charge in [-0.1, -0.05) is 6.07 Å². The van der Waals surface area contributed by atoms with Crippen LogP contribution in [0.3, 0.4) is 0 Å². The molecule has 1 saturated heterocycles. The zero-order valence-electron chi connectivity index (χ0n) is 11.7. The molecule has 0 saturated carbocycles. The van der Waals surface area contributed by atoms with Crippen LogP contribution in [0.15, 0.2) is 18.2 Å². The maximum atomic E-state index is 11.4. The average molecular weight is 274 g/mol. The molecule has 1 aromatic carbocycles. The number of nitrogens with one attached hydrogen (secondary N) is 2. The molecule has 20 heavy (non-hydrogen) atoms. The van der Waals surface area contributed by atoms with Gasteiger partial charge in [-0.25, -0.2) is 5.48 Å². The van der Waals surface area contributed by atoms with E-state index in [1.54, 1.807) is 5.48 Å². The Bertz CT molecular complexity index is 495. The van der Waals surface area contributed by atoms with Crippen molar-refractivity contribution in [3.8, 4) is 0 Å². The van der Waals surface area contributed by atoms with Crippen LogP contribution in [-0.2, 0) is 12.8 Å². The first-order chi connectivity index (χ1) is 9.78. The Hall–Kier alpha value is -1.39. The van der Waals surface area contributed by atoms with Gasteiger partial charge in [0, 0.05) is 5.56 Å². The van der Waals surface area contributed by atoms with Crippen molar-refractivity contribution >= 4 is 5.91 Å². The number of hydrogen-bond donors (Lipinski definition) is 3. The summed E-state index contributed by atoms with van der Waals surface area (Å²) in [6.45, 7) is 2.31. The van der Waals surface area contributed by atoms with Gasteiger partial charge in [-0.2, -0.15) is 0 Å². The number of piperidine rings is 1. The first-order valence-corrected chi connectivity index (χ1v) is 7.55. The number of fused-ring (bicyclic) bond motifs is 1. The Morgan fingerprint density at radius 2 is 1.95 bits per heavy atom. The fourth-order valence-corrected chi connectivity index (χ4v) is 3.71. The van der Waals surface area contributed by atoms with Crippen LogP contribution in [0.4, 0.5) is 0 Å². The molecular formula is C16H22N2O2. The van der Waals surface area contributed by atoms with Gasteiger partial charge in [0.15, 0.2) is 0 Å². The molecule has 4 heteroatoms. The summed E-state index contributed by atoms with van der Waals surface area (Å²) < 4.78 is 0. The number of hydroxylamine groups is 1. The number of hydrogen-bond acceptors (Lipinski definition) is 3. The number of carbonyl (C=O) groups is 1. The van der Waals surface area contributed by atoms with E-state index >= 15 is 0 Å². The lowest BCUT2D eigenvalue weighted by Crippen LogP contribution is -2.33. The van der Waals surface area contributed by atoms with E-state index < -0.39 is 5.91 Å². The van der Waals surface area contributed by atoms with E-state index in [0.29, 0.717) is 5.56 Å². The first-order valence-electron chi connectivity index (χ1n) is 7.55. The zero-order chi connectivity index (χ0) is 13.9. The highest BCUT2D eigenvalue weighted by Crippen LogP contribution is 2.34. The van der Waals surface area contributed by atoms with Crippen LogP contribution < -0.4 is 10.8 Å². The molecule has 1 atom stereocenters. The molecule has 0 bridgehead atoms. The SMILES string of the molecule is O=C(NO)c1ccc2c(c1)CCC(C1CCNCC1)C2. The van der Waals surface area contributed by atoms with Crippen molar-refractivity contribution in [3.63, 3.8) is 0 Å². The predicted molar refractivity (Wildman–Crippen MR) is 76.8 cm³/mol. The summed E-state index contributed by atoms with van der Waals surface area (Å²) in [6.07, 6.45) is 6.01. The largest absolute Gasteiger partial charge is 0.317 e. The number of aryl methyl sites for hydroxylation is 1. The normalized spacial score (nSPS) is 23.1. The van der Waals surface area contributed by atoms with Gasteiger partial charge in [0.2, 0.25) is 0 Å². The fourth-order valence-electron chi connectivity index (χ4n) is 3.71. The third-order valence-electron chi connectivity index (χ3n) is 4.89. The lowest BCUT2D eigenvalue weighted by atomic mass is 9.73. The fraction of sp³-hybridized carbons (Fsp3) is 0.562. The summed E-state index contributed by atoms with van der Waals surface area (Å²) in [5, 5.41) is 12.1. The molecule has 4 nitrogen and oxygen atoms in total. The maximum absolute atomic E-state index is 11.4. The van der Waals surface area contributed by atoms with Gasteiger partial charge in [0.1, 0.15) is 0 Å². The summed E-state index contributed by atoms with van der Waals surface area (Å²) in [5.74, 6) is 1.22. The van der Waals surface area contributed by atoms with E-state index in [2.05, 4.69) is 11.4 Å². The minimum atomic E-state index is -0.423. The quantitative estimate of drug-likeness (QED) is 0.570. The molecule has 1 amide bonds. The van der Waals surface area contributed by atoms with Crippen LogP contribution in [0.2, 0.25) is 0 Å². The van der Waals surface area contributed by atoms with E-state index in [4.69, 9.17) is 5.21 Å². The summed E-state index contributed by atoms with van der Waals surface area (Å²) in [6, 6.07) is 5.81. The smallest absolute Gasteiger partial charge is 0.274 e. The zero-order valence-corrected chi connectivity index (χ0v) is 11.7. The average Bonchev–Trinajstić information content (AvgIpc) is 2.54. The molecule has 1 aliphatic heterocycles. The Morgan fingerprint density at radius 3 is 2.70 bits per heavy atom. The molecule has 1 aliphatic carbocycles. The lowest BCUT2D eigenvalue weighted by Gasteiger charge is -2.34. The minimum absolute atomic E-state index is 0.423. The Kier molecular flexibility index (Phi) is 4.03. The third-order valence-corrected chi connectivity index (χ3v) is 4.89. The topological polar surface area (TPSA) is 61.4 Å². The molecule has 1 heterocycles. The number of benzene rings is 1. The van der Waals surface area contributed by atoms with Gasteiger partial charge >= 0.3 is 0 Å². The second kappa shape index (κ2) is 5.94. The van der Waals surface area contributed by atoms with Crippen molar-refractivity contribution in [1.82, 2.24) is 10.8 Å². The molecule has 2 aliphatic rings.